The Balaban J connectivity index is 2.53. The molecule has 0 aliphatic carbocycles. The number of aliphatic hydroxyl groups excluding tert-OH is 1. The second kappa shape index (κ2) is 6.94. The highest BCUT2D eigenvalue weighted by Gasteiger charge is 2.07. The van der Waals surface area contributed by atoms with Crippen LogP contribution in [0.4, 0.5) is 0 Å². The van der Waals surface area contributed by atoms with Crippen LogP contribution in [0.2, 0.25) is 0 Å². The molecule has 1 unspecified atom stereocenters. The van der Waals surface area contributed by atoms with Crippen molar-refractivity contribution in [3.05, 3.63) is 29.3 Å². The molecule has 3 heteroatoms. The molecule has 0 amide bonds. The Kier molecular flexibility index (Phi) is 5.88. The Morgan fingerprint density at radius 2 is 2.12 bits per heavy atom. The Labute approximate surface area is 102 Å². The zero-order valence-corrected chi connectivity index (χ0v) is 11.1. The second-order valence-electron chi connectivity index (χ2n) is 4.02. The molecule has 0 saturated heterocycles. The molecule has 1 aromatic carbocycles. The quantitative estimate of drug-likeness (QED) is 0.748. The predicted molar refractivity (Wildman–Crippen MR) is 71.2 cm³/mol. The Morgan fingerprint density at radius 3 is 2.69 bits per heavy atom. The van der Waals surface area contributed by atoms with Crippen molar-refractivity contribution in [2.24, 2.45) is 0 Å². The number of rotatable bonds is 6. The van der Waals surface area contributed by atoms with Crippen molar-refractivity contribution in [3.63, 3.8) is 0 Å². The lowest BCUT2D eigenvalue weighted by Crippen LogP contribution is -2.34. The van der Waals surface area contributed by atoms with Gasteiger partial charge < -0.3 is 10.4 Å². The van der Waals surface area contributed by atoms with Gasteiger partial charge in [-0.3, -0.25) is 0 Å². The van der Waals surface area contributed by atoms with Gasteiger partial charge in [0.2, 0.25) is 0 Å². The van der Waals surface area contributed by atoms with Crippen LogP contribution in [0.3, 0.4) is 0 Å². The lowest BCUT2D eigenvalue weighted by atomic mass is 10.2. The van der Waals surface area contributed by atoms with Crippen molar-refractivity contribution < 1.29 is 5.11 Å². The molecule has 0 radical (unpaired) electrons. The van der Waals surface area contributed by atoms with Gasteiger partial charge in [0, 0.05) is 16.7 Å². The highest BCUT2D eigenvalue weighted by Crippen LogP contribution is 2.23. The van der Waals surface area contributed by atoms with Crippen LogP contribution in [-0.4, -0.2) is 30.1 Å². The molecule has 1 aromatic rings. The lowest BCUT2D eigenvalue weighted by molar-refractivity contribution is 0.255. The van der Waals surface area contributed by atoms with Crippen LogP contribution in [0, 0.1) is 13.8 Å². The van der Waals surface area contributed by atoms with Gasteiger partial charge in [0.15, 0.2) is 0 Å². The Hall–Kier alpha value is -0.510. The van der Waals surface area contributed by atoms with Crippen molar-refractivity contribution in [2.75, 3.05) is 18.9 Å². The van der Waals surface area contributed by atoms with Crippen molar-refractivity contribution >= 4 is 11.8 Å². The molecule has 0 fully saturated rings. The van der Waals surface area contributed by atoms with Crippen molar-refractivity contribution in [3.8, 4) is 0 Å². The molecule has 1 rings (SSSR count). The summed E-state index contributed by atoms with van der Waals surface area (Å²) >= 11 is 1.81. The fourth-order valence-electron chi connectivity index (χ4n) is 1.62. The van der Waals surface area contributed by atoms with Crippen molar-refractivity contribution in [1.29, 1.82) is 0 Å². The first-order valence-corrected chi connectivity index (χ1v) is 6.70. The highest BCUT2D eigenvalue weighted by atomic mass is 32.2. The van der Waals surface area contributed by atoms with Gasteiger partial charge in [0.05, 0.1) is 6.61 Å². The smallest absolute Gasteiger partial charge is 0.0592 e. The van der Waals surface area contributed by atoms with Crippen molar-refractivity contribution in [2.45, 2.75) is 31.7 Å². The van der Waals surface area contributed by atoms with Crippen LogP contribution in [0.15, 0.2) is 23.1 Å². The fourth-order valence-corrected chi connectivity index (χ4v) is 2.67. The molecule has 2 nitrogen and oxygen atoms in total. The zero-order valence-electron chi connectivity index (χ0n) is 10.3. The summed E-state index contributed by atoms with van der Waals surface area (Å²) in [4.78, 5) is 1.31. The van der Waals surface area contributed by atoms with Gasteiger partial charge in [-0.05, 0) is 32.0 Å². The minimum absolute atomic E-state index is 0.190. The van der Waals surface area contributed by atoms with Crippen LogP contribution in [-0.2, 0) is 0 Å². The first-order valence-electron chi connectivity index (χ1n) is 5.71. The molecule has 16 heavy (non-hydrogen) atoms. The summed E-state index contributed by atoms with van der Waals surface area (Å²) in [6.07, 6.45) is 0. The zero-order chi connectivity index (χ0) is 12.0. The van der Waals surface area contributed by atoms with E-state index in [1.54, 1.807) is 11.8 Å². The highest BCUT2D eigenvalue weighted by molar-refractivity contribution is 7.99. The maximum absolute atomic E-state index is 9.17. The minimum Gasteiger partial charge on any atom is -0.395 e. The van der Waals surface area contributed by atoms with Gasteiger partial charge in [-0.15, -0.1) is 11.8 Å². The second-order valence-corrected chi connectivity index (χ2v) is 5.08. The maximum Gasteiger partial charge on any atom is 0.0592 e. The summed E-state index contributed by atoms with van der Waals surface area (Å²) < 4.78 is 0. The topological polar surface area (TPSA) is 32.3 Å². The summed E-state index contributed by atoms with van der Waals surface area (Å²) in [6, 6.07) is 6.69. The standard InChI is InChI=1S/C13H21NOS/c1-4-14-12(8-15)9-16-13-6-5-10(2)7-11(13)3/h5-7,12,14-15H,4,8-9H2,1-3H3. The van der Waals surface area contributed by atoms with Crippen LogP contribution >= 0.6 is 11.8 Å². The summed E-state index contributed by atoms with van der Waals surface area (Å²) in [5.74, 6) is 0.911. The molecular weight excluding hydrogens is 218 g/mol. The van der Waals surface area contributed by atoms with E-state index in [0.717, 1.165) is 12.3 Å². The number of aliphatic hydroxyl groups is 1. The van der Waals surface area contributed by atoms with E-state index in [4.69, 9.17) is 0 Å². The predicted octanol–water partition coefficient (Wildman–Crippen LogP) is 2.37. The molecule has 0 spiro atoms. The molecular formula is C13H21NOS. The molecule has 0 heterocycles. The summed E-state index contributed by atoms with van der Waals surface area (Å²) in [7, 11) is 0. The number of hydrogen-bond donors (Lipinski definition) is 2. The first kappa shape index (κ1) is 13.6. The molecule has 0 saturated carbocycles. The van der Waals surface area contributed by atoms with Gasteiger partial charge in [0.25, 0.3) is 0 Å². The number of thioether (sulfide) groups is 1. The molecule has 90 valence electrons. The number of hydrogen-bond acceptors (Lipinski definition) is 3. The van der Waals surface area contributed by atoms with Crippen LogP contribution in [0.25, 0.3) is 0 Å². The molecule has 0 bridgehead atoms. The average molecular weight is 239 g/mol. The average Bonchev–Trinajstić information content (AvgIpc) is 2.26. The van der Waals surface area contributed by atoms with Crippen LogP contribution < -0.4 is 5.32 Å². The van der Waals surface area contributed by atoms with E-state index in [1.807, 2.05) is 0 Å². The van der Waals surface area contributed by atoms with Crippen molar-refractivity contribution in [1.82, 2.24) is 5.32 Å². The normalized spacial score (nSPS) is 12.8. The summed E-state index contributed by atoms with van der Waals surface area (Å²) in [5.41, 5.74) is 2.62. The molecule has 2 N–H and O–H groups in total. The van der Waals surface area contributed by atoms with Gasteiger partial charge in [0.1, 0.15) is 0 Å². The van der Waals surface area contributed by atoms with E-state index >= 15 is 0 Å². The third kappa shape index (κ3) is 4.16. The minimum atomic E-state index is 0.190. The Morgan fingerprint density at radius 1 is 1.38 bits per heavy atom. The summed E-state index contributed by atoms with van der Waals surface area (Å²) in [6.45, 7) is 7.40. The van der Waals surface area contributed by atoms with E-state index in [0.29, 0.717) is 0 Å². The lowest BCUT2D eigenvalue weighted by Gasteiger charge is -2.15. The number of nitrogens with one attached hydrogen (secondary N) is 1. The third-order valence-corrected chi connectivity index (χ3v) is 3.82. The van der Waals surface area contributed by atoms with Crippen LogP contribution in [0.1, 0.15) is 18.1 Å². The number of aryl methyl sites for hydroxylation is 2. The third-order valence-electron chi connectivity index (χ3n) is 2.48. The van der Waals surface area contributed by atoms with E-state index in [9.17, 15) is 5.11 Å². The van der Waals surface area contributed by atoms with E-state index in [1.165, 1.54) is 16.0 Å². The van der Waals surface area contributed by atoms with Gasteiger partial charge >= 0.3 is 0 Å². The van der Waals surface area contributed by atoms with Gasteiger partial charge in [-0.2, -0.15) is 0 Å². The SMILES string of the molecule is CCNC(CO)CSc1ccc(C)cc1C. The van der Waals surface area contributed by atoms with E-state index in [-0.39, 0.29) is 12.6 Å². The monoisotopic (exact) mass is 239 g/mol. The molecule has 1 atom stereocenters. The number of likely N-dealkylation sites (N-methyl/N-ethyl adjacent to an activating group) is 1. The van der Waals surface area contributed by atoms with E-state index in [2.05, 4.69) is 44.3 Å². The fraction of sp³-hybridized carbons (Fsp3) is 0.538. The molecule has 0 aliphatic heterocycles. The number of benzene rings is 1. The summed E-state index contributed by atoms with van der Waals surface area (Å²) in [5, 5.41) is 12.4. The molecule has 0 aromatic heterocycles. The van der Waals surface area contributed by atoms with E-state index < -0.39 is 0 Å². The largest absolute Gasteiger partial charge is 0.395 e. The van der Waals surface area contributed by atoms with Gasteiger partial charge in [-0.25, -0.2) is 0 Å². The Bertz CT molecular complexity index is 328. The first-order chi connectivity index (χ1) is 7.67. The van der Waals surface area contributed by atoms with Crippen LogP contribution in [0.5, 0.6) is 0 Å². The maximum atomic E-state index is 9.17. The van der Waals surface area contributed by atoms with Gasteiger partial charge in [-0.1, -0.05) is 24.6 Å². The molecule has 0 aliphatic rings.